The maximum Gasteiger partial charge on any atom is 0.337 e. The lowest BCUT2D eigenvalue weighted by atomic mass is 10.0. The predicted octanol–water partition coefficient (Wildman–Crippen LogP) is 3.02. The molecule has 0 N–H and O–H groups in total. The van der Waals surface area contributed by atoms with Gasteiger partial charge in [-0.1, -0.05) is 6.92 Å². The standard InChI is InChI=1S/C19H21NO6S2/c1-4-16-15-6-8-27-17(15)5-7-20(16)28(23,24)14-10-12(18(21)25-2)9-13(11-14)19(22)26-3/h6,8-11,16H,4-5,7H2,1-3H3. The number of hydrogen-bond donors (Lipinski definition) is 0. The third-order valence-electron chi connectivity index (χ3n) is 4.79. The number of hydrogen-bond acceptors (Lipinski definition) is 7. The fourth-order valence-electron chi connectivity index (χ4n) is 3.44. The molecule has 0 radical (unpaired) electrons. The first kappa shape index (κ1) is 20.5. The molecule has 1 atom stereocenters. The fourth-order valence-corrected chi connectivity index (χ4v) is 6.12. The summed E-state index contributed by atoms with van der Waals surface area (Å²) in [4.78, 5) is 25.1. The van der Waals surface area contributed by atoms with Gasteiger partial charge in [-0.25, -0.2) is 18.0 Å². The average Bonchev–Trinajstić information content (AvgIpc) is 3.20. The van der Waals surface area contributed by atoms with Gasteiger partial charge < -0.3 is 9.47 Å². The number of methoxy groups -OCH3 is 2. The third-order valence-corrected chi connectivity index (χ3v) is 7.67. The number of esters is 2. The number of ether oxygens (including phenoxy) is 2. The van der Waals surface area contributed by atoms with Gasteiger partial charge in [-0.05, 0) is 48.1 Å². The highest BCUT2D eigenvalue weighted by Crippen LogP contribution is 2.38. The molecule has 28 heavy (non-hydrogen) atoms. The van der Waals surface area contributed by atoms with Crippen LogP contribution in [0.2, 0.25) is 0 Å². The van der Waals surface area contributed by atoms with E-state index in [1.807, 2.05) is 18.4 Å². The first-order valence-corrected chi connectivity index (χ1v) is 11.0. The van der Waals surface area contributed by atoms with E-state index in [0.29, 0.717) is 19.4 Å². The van der Waals surface area contributed by atoms with Crippen molar-refractivity contribution in [3.8, 4) is 0 Å². The molecule has 1 unspecified atom stereocenters. The Labute approximate surface area is 167 Å². The highest BCUT2D eigenvalue weighted by Gasteiger charge is 2.36. The topological polar surface area (TPSA) is 90.0 Å². The van der Waals surface area contributed by atoms with E-state index >= 15 is 0 Å². The quantitative estimate of drug-likeness (QED) is 0.687. The molecule has 1 aliphatic rings. The van der Waals surface area contributed by atoms with E-state index < -0.39 is 22.0 Å². The molecule has 9 heteroatoms. The van der Waals surface area contributed by atoms with Crippen molar-refractivity contribution >= 4 is 33.3 Å². The zero-order valence-corrected chi connectivity index (χ0v) is 17.4. The van der Waals surface area contributed by atoms with Crippen molar-refractivity contribution in [3.05, 3.63) is 51.2 Å². The lowest BCUT2D eigenvalue weighted by Crippen LogP contribution is -2.39. The third kappa shape index (κ3) is 3.57. The van der Waals surface area contributed by atoms with Gasteiger partial charge in [0.25, 0.3) is 0 Å². The van der Waals surface area contributed by atoms with Crippen LogP contribution in [0.4, 0.5) is 0 Å². The molecule has 3 rings (SSSR count). The first-order chi connectivity index (χ1) is 13.3. The summed E-state index contributed by atoms with van der Waals surface area (Å²) < 4.78 is 37.7. The molecule has 1 aliphatic heterocycles. The molecule has 0 saturated carbocycles. The van der Waals surface area contributed by atoms with Crippen molar-refractivity contribution in [1.29, 1.82) is 0 Å². The van der Waals surface area contributed by atoms with Crippen molar-refractivity contribution < 1.29 is 27.5 Å². The van der Waals surface area contributed by atoms with Gasteiger partial charge in [0.15, 0.2) is 0 Å². The molecule has 150 valence electrons. The van der Waals surface area contributed by atoms with Crippen molar-refractivity contribution in [1.82, 2.24) is 4.31 Å². The number of nitrogens with zero attached hydrogens (tertiary/aromatic N) is 1. The second-order valence-corrected chi connectivity index (χ2v) is 9.21. The summed E-state index contributed by atoms with van der Waals surface area (Å²) in [5.41, 5.74) is 0.968. The highest BCUT2D eigenvalue weighted by atomic mass is 32.2. The Bertz CT molecular complexity index is 977. The number of rotatable bonds is 5. The normalized spacial score (nSPS) is 17.0. The minimum absolute atomic E-state index is 0.0229. The van der Waals surface area contributed by atoms with E-state index in [4.69, 9.17) is 9.47 Å². The van der Waals surface area contributed by atoms with E-state index in [2.05, 4.69) is 0 Å². The lowest BCUT2D eigenvalue weighted by molar-refractivity contribution is 0.0598. The van der Waals surface area contributed by atoms with Crippen molar-refractivity contribution in [3.63, 3.8) is 0 Å². The zero-order chi connectivity index (χ0) is 20.5. The van der Waals surface area contributed by atoms with Gasteiger partial charge in [-0.2, -0.15) is 4.31 Å². The summed E-state index contributed by atoms with van der Waals surface area (Å²) in [6.07, 6.45) is 1.24. The van der Waals surface area contributed by atoms with Gasteiger partial charge in [0.2, 0.25) is 10.0 Å². The van der Waals surface area contributed by atoms with Crippen LogP contribution in [0.15, 0.2) is 34.5 Å². The van der Waals surface area contributed by atoms with Crippen LogP contribution in [-0.2, 0) is 25.9 Å². The Morgan fingerprint density at radius 1 is 1.14 bits per heavy atom. The maximum atomic E-state index is 13.4. The van der Waals surface area contributed by atoms with Crippen LogP contribution < -0.4 is 0 Å². The summed E-state index contributed by atoms with van der Waals surface area (Å²) in [5.74, 6) is -1.46. The van der Waals surface area contributed by atoms with Crippen LogP contribution in [0.5, 0.6) is 0 Å². The van der Waals surface area contributed by atoms with Crippen LogP contribution in [-0.4, -0.2) is 45.4 Å². The van der Waals surface area contributed by atoms with Crippen molar-refractivity contribution in [2.75, 3.05) is 20.8 Å². The summed E-state index contributed by atoms with van der Waals surface area (Å²) in [6.45, 7) is 2.27. The number of thiophene rings is 1. The van der Waals surface area contributed by atoms with Gasteiger partial charge in [-0.15, -0.1) is 11.3 Å². The van der Waals surface area contributed by atoms with Crippen LogP contribution in [0.1, 0.15) is 50.5 Å². The minimum Gasteiger partial charge on any atom is -0.465 e. The molecule has 1 aromatic heterocycles. The van der Waals surface area contributed by atoms with Gasteiger partial charge in [0, 0.05) is 11.4 Å². The second kappa shape index (κ2) is 8.02. The summed E-state index contributed by atoms with van der Waals surface area (Å²) in [7, 11) is -1.57. The molecular formula is C19H21NO6S2. The number of fused-ring (bicyclic) bond motifs is 1. The summed E-state index contributed by atoms with van der Waals surface area (Å²) in [5, 5.41) is 1.97. The number of sulfonamides is 1. The average molecular weight is 424 g/mol. The van der Waals surface area contributed by atoms with Gasteiger partial charge >= 0.3 is 11.9 Å². The molecule has 7 nitrogen and oxygen atoms in total. The summed E-state index contributed by atoms with van der Waals surface area (Å²) in [6, 6.07) is 5.41. The summed E-state index contributed by atoms with van der Waals surface area (Å²) >= 11 is 1.63. The molecule has 0 saturated heterocycles. The number of carbonyl (C=O) groups is 2. The van der Waals surface area contributed by atoms with Gasteiger partial charge in [-0.3, -0.25) is 0 Å². The molecule has 0 spiro atoms. The Kier molecular flexibility index (Phi) is 5.87. The number of benzene rings is 1. The van der Waals surface area contributed by atoms with E-state index in [-0.39, 0.29) is 22.1 Å². The lowest BCUT2D eigenvalue weighted by Gasteiger charge is -2.34. The molecule has 0 aliphatic carbocycles. The molecule has 0 bridgehead atoms. The smallest absolute Gasteiger partial charge is 0.337 e. The van der Waals surface area contributed by atoms with Crippen LogP contribution in [0.3, 0.4) is 0 Å². The minimum atomic E-state index is -3.95. The molecule has 0 fully saturated rings. The van der Waals surface area contributed by atoms with Crippen LogP contribution in [0.25, 0.3) is 0 Å². The predicted molar refractivity (Wildman–Crippen MR) is 104 cm³/mol. The number of carbonyl (C=O) groups excluding carboxylic acids is 2. The monoisotopic (exact) mass is 423 g/mol. The molecular weight excluding hydrogens is 402 g/mol. The molecule has 2 heterocycles. The van der Waals surface area contributed by atoms with Crippen molar-refractivity contribution in [2.45, 2.75) is 30.7 Å². The van der Waals surface area contributed by atoms with E-state index in [0.717, 1.165) is 5.56 Å². The van der Waals surface area contributed by atoms with E-state index in [9.17, 15) is 18.0 Å². The zero-order valence-electron chi connectivity index (χ0n) is 15.8. The van der Waals surface area contributed by atoms with Crippen LogP contribution in [0, 0.1) is 0 Å². The Balaban J connectivity index is 2.10. The van der Waals surface area contributed by atoms with Gasteiger partial charge in [0.05, 0.1) is 36.3 Å². The Morgan fingerprint density at radius 2 is 1.75 bits per heavy atom. The highest BCUT2D eigenvalue weighted by molar-refractivity contribution is 7.89. The molecule has 1 aromatic carbocycles. The van der Waals surface area contributed by atoms with Crippen molar-refractivity contribution in [2.24, 2.45) is 0 Å². The fraction of sp³-hybridized carbons (Fsp3) is 0.368. The molecule has 2 aromatic rings. The van der Waals surface area contributed by atoms with Crippen LogP contribution >= 0.6 is 11.3 Å². The molecule has 0 amide bonds. The van der Waals surface area contributed by atoms with E-state index in [1.165, 1.54) is 41.6 Å². The SMILES string of the molecule is CCC1c2ccsc2CCN1S(=O)(=O)c1cc(C(=O)OC)cc(C(=O)OC)c1. The largest absolute Gasteiger partial charge is 0.465 e. The van der Waals surface area contributed by atoms with E-state index in [1.54, 1.807) is 11.3 Å². The Hall–Kier alpha value is -2.23. The Morgan fingerprint density at radius 3 is 2.29 bits per heavy atom. The maximum absolute atomic E-state index is 13.4. The second-order valence-electron chi connectivity index (χ2n) is 6.32. The van der Waals surface area contributed by atoms with Gasteiger partial charge in [0.1, 0.15) is 0 Å². The first-order valence-electron chi connectivity index (χ1n) is 8.73.